The lowest BCUT2D eigenvalue weighted by atomic mass is 10.0. The van der Waals surface area contributed by atoms with Crippen LogP contribution in [0.2, 0.25) is 5.02 Å². The molecule has 0 aromatic heterocycles. The molecule has 0 aliphatic heterocycles. The maximum atomic E-state index is 11.5. The minimum Gasteiger partial charge on any atom is -0.508 e. The number of phenolic OH excluding ortho intramolecular Hbond substituents is 1. The summed E-state index contributed by atoms with van der Waals surface area (Å²) in [6.07, 6.45) is 1.45. The summed E-state index contributed by atoms with van der Waals surface area (Å²) in [7, 11) is 0. The SMILES string of the molecule is CCOC(=O)c1ccc(CCc2cc(Cl)ccc2O)cc1. The van der Waals surface area contributed by atoms with Gasteiger partial charge >= 0.3 is 5.97 Å². The Labute approximate surface area is 129 Å². The number of carbonyl (C=O) groups is 1. The molecule has 3 nitrogen and oxygen atoms in total. The molecule has 0 unspecified atom stereocenters. The number of aromatic hydroxyl groups is 1. The highest BCUT2D eigenvalue weighted by Gasteiger charge is 2.07. The first kappa shape index (κ1) is 15.4. The van der Waals surface area contributed by atoms with Crippen molar-refractivity contribution >= 4 is 17.6 Å². The van der Waals surface area contributed by atoms with Gasteiger partial charge in [-0.25, -0.2) is 4.79 Å². The van der Waals surface area contributed by atoms with Crippen molar-refractivity contribution in [2.24, 2.45) is 0 Å². The largest absolute Gasteiger partial charge is 0.508 e. The summed E-state index contributed by atoms with van der Waals surface area (Å²) in [5.74, 6) is -0.0564. The minimum atomic E-state index is -0.309. The molecule has 0 fully saturated rings. The summed E-state index contributed by atoms with van der Waals surface area (Å²) >= 11 is 5.92. The molecule has 4 heteroatoms. The standard InChI is InChI=1S/C17H17ClO3/c1-2-21-17(20)13-6-3-12(4-7-13)5-8-14-11-15(18)9-10-16(14)19/h3-4,6-7,9-11,19H,2,5,8H2,1H3. The second kappa shape index (κ2) is 7.14. The molecule has 0 heterocycles. The normalized spacial score (nSPS) is 10.4. The van der Waals surface area contributed by atoms with Crippen molar-refractivity contribution in [1.29, 1.82) is 0 Å². The molecule has 2 rings (SSSR count). The minimum absolute atomic E-state index is 0.252. The fourth-order valence-corrected chi connectivity index (χ4v) is 2.25. The fraction of sp³-hybridized carbons (Fsp3) is 0.235. The molecular formula is C17H17ClO3. The predicted octanol–water partition coefficient (Wildman–Crippen LogP) is 4.01. The topological polar surface area (TPSA) is 46.5 Å². The summed E-state index contributed by atoms with van der Waals surface area (Å²) in [5.41, 5.74) is 2.45. The Kier molecular flexibility index (Phi) is 5.23. The van der Waals surface area contributed by atoms with Crippen molar-refractivity contribution in [2.45, 2.75) is 19.8 Å². The number of phenols is 1. The molecule has 0 bridgehead atoms. The van der Waals surface area contributed by atoms with Crippen LogP contribution in [-0.2, 0) is 17.6 Å². The predicted molar refractivity (Wildman–Crippen MR) is 82.9 cm³/mol. The molecular weight excluding hydrogens is 288 g/mol. The highest BCUT2D eigenvalue weighted by Crippen LogP contribution is 2.23. The van der Waals surface area contributed by atoms with Crippen LogP contribution in [0.1, 0.15) is 28.4 Å². The molecule has 0 spiro atoms. The Balaban J connectivity index is 2.00. The van der Waals surface area contributed by atoms with Gasteiger partial charge in [-0.05, 0) is 61.2 Å². The highest BCUT2D eigenvalue weighted by molar-refractivity contribution is 6.30. The second-order valence-corrected chi connectivity index (χ2v) is 5.13. The van der Waals surface area contributed by atoms with Gasteiger partial charge in [-0.3, -0.25) is 0 Å². The van der Waals surface area contributed by atoms with Crippen LogP contribution in [0.15, 0.2) is 42.5 Å². The molecule has 1 N–H and O–H groups in total. The number of carbonyl (C=O) groups excluding carboxylic acids is 1. The third-order valence-corrected chi connectivity index (χ3v) is 3.42. The number of hydrogen-bond donors (Lipinski definition) is 1. The van der Waals surface area contributed by atoms with E-state index in [9.17, 15) is 9.90 Å². The Morgan fingerprint density at radius 3 is 2.52 bits per heavy atom. The van der Waals surface area contributed by atoms with Crippen molar-refractivity contribution in [1.82, 2.24) is 0 Å². The van der Waals surface area contributed by atoms with Crippen LogP contribution in [0.25, 0.3) is 0 Å². The lowest BCUT2D eigenvalue weighted by Crippen LogP contribution is -2.04. The number of rotatable bonds is 5. The summed E-state index contributed by atoms with van der Waals surface area (Å²) in [6, 6.07) is 12.3. The summed E-state index contributed by atoms with van der Waals surface area (Å²) in [4.78, 5) is 11.5. The Bertz CT molecular complexity index is 620. The second-order valence-electron chi connectivity index (χ2n) is 4.69. The van der Waals surface area contributed by atoms with Crippen molar-refractivity contribution in [3.05, 3.63) is 64.2 Å². The van der Waals surface area contributed by atoms with Crippen molar-refractivity contribution in [2.75, 3.05) is 6.61 Å². The number of aryl methyl sites for hydroxylation is 2. The first-order chi connectivity index (χ1) is 10.1. The van der Waals surface area contributed by atoms with Gasteiger partial charge in [0.15, 0.2) is 0 Å². The van der Waals surface area contributed by atoms with Gasteiger partial charge < -0.3 is 9.84 Å². The number of esters is 1. The van der Waals surface area contributed by atoms with Gasteiger partial charge in [0.25, 0.3) is 0 Å². The Morgan fingerprint density at radius 1 is 1.14 bits per heavy atom. The van der Waals surface area contributed by atoms with E-state index < -0.39 is 0 Å². The monoisotopic (exact) mass is 304 g/mol. The zero-order chi connectivity index (χ0) is 15.2. The van der Waals surface area contributed by atoms with E-state index in [2.05, 4.69) is 0 Å². The zero-order valence-electron chi connectivity index (χ0n) is 11.8. The quantitative estimate of drug-likeness (QED) is 0.849. The van der Waals surface area contributed by atoms with Gasteiger partial charge in [0.1, 0.15) is 5.75 Å². The number of ether oxygens (including phenoxy) is 1. The van der Waals surface area contributed by atoms with Gasteiger partial charge in [-0.15, -0.1) is 0 Å². The smallest absolute Gasteiger partial charge is 0.338 e. The third kappa shape index (κ3) is 4.23. The third-order valence-electron chi connectivity index (χ3n) is 3.19. The van der Waals surface area contributed by atoms with E-state index in [-0.39, 0.29) is 11.7 Å². The molecule has 0 aliphatic carbocycles. The Hall–Kier alpha value is -2.00. The average molecular weight is 305 g/mol. The van der Waals surface area contributed by atoms with E-state index in [0.717, 1.165) is 17.5 Å². The van der Waals surface area contributed by atoms with Crippen LogP contribution in [0.3, 0.4) is 0 Å². The summed E-state index contributed by atoms with van der Waals surface area (Å²) in [6.45, 7) is 2.15. The van der Waals surface area contributed by atoms with Crippen LogP contribution >= 0.6 is 11.6 Å². The van der Waals surface area contributed by atoms with Crippen LogP contribution in [0.5, 0.6) is 5.75 Å². The van der Waals surface area contributed by atoms with Gasteiger partial charge in [-0.1, -0.05) is 23.7 Å². The van der Waals surface area contributed by atoms with Crippen molar-refractivity contribution < 1.29 is 14.6 Å². The molecule has 110 valence electrons. The molecule has 0 atom stereocenters. The number of hydrogen-bond acceptors (Lipinski definition) is 3. The molecule has 0 amide bonds. The lowest BCUT2D eigenvalue weighted by Gasteiger charge is -2.06. The van der Waals surface area contributed by atoms with Crippen LogP contribution < -0.4 is 0 Å². The van der Waals surface area contributed by atoms with Crippen LogP contribution in [0.4, 0.5) is 0 Å². The van der Waals surface area contributed by atoms with E-state index in [1.807, 2.05) is 12.1 Å². The summed E-state index contributed by atoms with van der Waals surface area (Å²) < 4.78 is 4.94. The van der Waals surface area contributed by atoms with E-state index in [1.54, 1.807) is 37.3 Å². The highest BCUT2D eigenvalue weighted by atomic mass is 35.5. The average Bonchev–Trinajstić information content (AvgIpc) is 2.49. The Morgan fingerprint density at radius 2 is 1.86 bits per heavy atom. The molecule has 0 saturated heterocycles. The molecule has 0 aliphatic rings. The zero-order valence-corrected chi connectivity index (χ0v) is 12.6. The summed E-state index contributed by atoms with van der Waals surface area (Å²) in [5, 5.41) is 10.4. The fourth-order valence-electron chi connectivity index (χ4n) is 2.06. The number of benzene rings is 2. The lowest BCUT2D eigenvalue weighted by molar-refractivity contribution is 0.0526. The maximum absolute atomic E-state index is 11.5. The first-order valence-electron chi connectivity index (χ1n) is 6.83. The van der Waals surface area contributed by atoms with Crippen LogP contribution in [-0.4, -0.2) is 17.7 Å². The molecule has 0 radical (unpaired) electrons. The number of halogens is 1. The van der Waals surface area contributed by atoms with Gasteiger partial charge in [0.05, 0.1) is 12.2 Å². The maximum Gasteiger partial charge on any atom is 0.338 e. The van der Waals surface area contributed by atoms with Crippen molar-refractivity contribution in [3.63, 3.8) is 0 Å². The van der Waals surface area contributed by atoms with Gasteiger partial charge in [-0.2, -0.15) is 0 Å². The van der Waals surface area contributed by atoms with E-state index >= 15 is 0 Å². The molecule has 2 aromatic rings. The van der Waals surface area contributed by atoms with Gasteiger partial charge in [0.2, 0.25) is 0 Å². The van der Waals surface area contributed by atoms with Crippen molar-refractivity contribution in [3.8, 4) is 5.75 Å². The van der Waals surface area contributed by atoms with Gasteiger partial charge in [0, 0.05) is 5.02 Å². The van der Waals surface area contributed by atoms with Crippen LogP contribution in [0, 0.1) is 0 Å². The molecule has 2 aromatic carbocycles. The first-order valence-corrected chi connectivity index (χ1v) is 7.21. The van der Waals surface area contributed by atoms with E-state index in [4.69, 9.17) is 16.3 Å². The molecule has 21 heavy (non-hydrogen) atoms. The van der Waals surface area contributed by atoms with E-state index in [0.29, 0.717) is 23.6 Å². The molecule has 0 saturated carbocycles. The van der Waals surface area contributed by atoms with E-state index in [1.165, 1.54) is 0 Å².